The van der Waals surface area contributed by atoms with Gasteiger partial charge < -0.3 is 10.5 Å². The van der Waals surface area contributed by atoms with E-state index in [2.05, 4.69) is 10.1 Å². The van der Waals surface area contributed by atoms with Crippen molar-refractivity contribution in [3.05, 3.63) is 36.9 Å². The van der Waals surface area contributed by atoms with Crippen molar-refractivity contribution in [1.29, 1.82) is 0 Å². The van der Waals surface area contributed by atoms with Gasteiger partial charge in [-0.25, -0.2) is 19.0 Å². The molecule has 0 saturated carbocycles. The molecule has 2 aromatic heterocycles. The Labute approximate surface area is 127 Å². The molecule has 0 aliphatic carbocycles. The first kappa shape index (κ1) is 14.1. The number of nitrogens with two attached hydrogens (primary N) is 1. The van der Waals surface area contributed by atoms with E-state index in [4.69, 9.17) is 10.5 Å². The summed E-state index contributed by atoms with van der Waals surface area (Å²) >= 11 is 0. The summed E-state index contributed by atoms with van der Waals surface area (Å²) in [6.07, 6.45) is 4.41. The molecule has 0 aliphatic rings. The Hall–Kier alpha value is -2.83. The van der Waals surface area contributed by atoms with E-state index < -0.39 is 11.7 Å². The van der Waals surface area contributed by atoms with E-state index in [9.17, 15) is 4.79 Å². The average Bonchev–Trinajstić information content (AvgIpc) is 3.03. The summed E-state index contributed by atoms with van der Waals surface area (Å²) in [5, 5.41) is 4.15. The molecule has 22 heavy (non-hydrogen) atoms. The molecule has 0 bridgehead atoms. The van der Waals surface area contributed by atoms with Gasteiger partial charge in [-0.3, -0.25) is 0 Å². The Morgan fingerprint density at radius 1 is 1.32 bits per heavy atom. The molecule has 7 heteroatoms. The number of carbonyl (C=O) groups is 1. The first-order valence-corrected chi connectivity index (χ1v) is 6.85. The molecule has 0 aliphatic heterocycles. The maximum atomic E-state index is 12.2. The van der Waals surface area contributed by atoms with Crippen LogP contribution >= 0.6 is 0 Å². The number of carbonyl (C=O) groups excluding carboxylic acids is 1. The highest BCUT2D eigenvalue weighted by Gasteiger charge is 2.20. The van der Waals surface area contributed by atoms with Crippen LogP contribution in [0.5, 0.6) is 0 Å². The molecule has 0 radical (unpaired) electrons. The van der Waals surface area contributed by atoms with Crippen molar-refractivity contribution in [3.63, 3.8) is 0 Å². The van der Waals surface area contributed by atoms with Crippen LogP contribution in [0.2, 0.25) is 0 Å². The molecule has 0 amide bonds. The number of hydrogen-bond acceptors (Lipinski definition) is 5. The second-order valence-electron chi connectivity index (χ2n) is 5.95. The van der Waals surface area contributed by atoms with Crippen molar-refractivity contribution in [2.45, 2.75) is 26.4 Å². The fourth-order valence-corrected chi connectivity index (χ4v) is 2.13. The molecular formula is C15H17N5O2. The van der Waals surface area contributed by atoms with Crippen molar-refractivity contribution in [2.75, 3.05) is 5.73 Å². The number of nitrogens with zero attached hydrogens (tertiary/aromatic N) is 4. The third-order valence-corrected chi connectivity index (χ3v) is 3.04. The van der Waals surface area contributed by atoms with E-state index in [1.165, 1.54) is 10.9 Å². The minimum atomic E-state index is -0.575. The minimum Gasteiger partial charge on any atom is -0.443 e. The quantitative estimate of drug-likeness (QED) is 0.698. The van der Waals surface area contributed by atoms with Crippen molar-refractivity contribution < 1.29 is 9.53 Å². The van der Waals surface area contributed by atoms with Crippen LogP contribution in [0, 0.1) is 0 Å². The first-order valence-electron chi connectivity index (χ1n) is 6.85. The molecule has 0 unspecified atom stereocenters. The highest BCUT2D eigenvalue weighted by atomic mass is 16.6. The molecule has 0 fully saturated rings. The van der Waals surface area contributed by atoms with E-state index in [1.54, 1.807) is 29.2 Å². The van der Waals surface area contributed by atoms with Gasteiger partial charge in [-0.05, 0) is 39.0 Å². The normalized spacial score (nSPS) is 11.8. The van der Waals surface area contributed by atoms with Gasteiger partial charge in [0, 0.05) is 12.4 Å². The van der Waals surface area contributed by atoms with Crippen LogP contribution in [-0.2, 0) is 4.74 Å². The topological polar surface area (TPSA) is 88.0 Å². The zero-order chi connectivity index (χ0) is 15.9. The predicted octanol–water partition coefficient (Wildman–Crippen LogP) is 2.59. The maximum absolute atomic E-state index is 12.2. The Bertz CT molecular complexity index is 828. The molecule has 0 saturated heterocycles. The first-order chi connectivity index (χ1) is 10.3. The van der Waals surface area contributed by atoms with Gasteiger partial charge in [0.1, 0.15) is 11.9 Å². The van der Waals surface area contributed by atoms with E-state index in [0.29, 0.717) is 22.4 Å². The summed E-state index contributed by atoms with van der Waals surface area (Å²) in [5.41, 5.74) is 7.96. The van der Waals surface area contributed by atoms with Gasteiger partial charge in [0.15, 0.2) is 0 Å². The summed E-state index contributed by atoms with van der Waals surface area (Å²) in [4.78, 5) is 16.4. The van der Waals surface area contributed by atoms with Crippen LogP contribution in [0.15, 0.2) is 36.9 Å². The van der Waals surface area contributed by atoms with Crippen molar-refractivity contribution in [3.8, 4) is 5.69 Å². The average molecular weight is 299 g/mol. The summed E-state index contributed by atoms with van der Waals surface area (Å²) in [6.45, 7) is 5.44. The van der Waals surface area contributed by atoms with E-state index in [1.807, 2.05) is 26.8 Å². The zero-order valence-corrected chi connectivity index (χ0v) is 12.6. The van der Waals surface area contributed by atoms with Crippen molar-refractivity contribution >= 4 is 22.8 Å². The number of nitrogen functional groups attached to an aromatic ring is 1. The summed E-state index contributed by atoms with van der Waals surface area (Å²) < 4.78 is 8.36. The third kappa shape index (κ3) is 2.52. The Morgan fingerprint density at radius 2 is 2.09 bits per heavy atom. The third-order valence-electron chi connectivity index (χ3n) is 3.04. The van der Waals surface area contributed by atoms with Gasteiger partial charge in [0.05, 0.1) is 22.4 Å². The number of hydrogen-bond donors (Lipinski definition) is 1. The predicted molar refractivity (Wildman–Crippen MR) is 82.9 cm³/mol. The molecule has 3 aromatic rings. The standard InChI is InChI=1S/C15H17N5O2/c1-15(2,3)22-14(21)19-9-17-11-8-12(10(16)7-13(11)19)20-6-4-5-18-20/h4-9H,16H2,1-3H3. The molecule has 3 rings (SSSR count). The van der Waals surface area contributed by atoms with Crippen LogP contribution in [-0.4, -0.2) is 31.0 Å². The molecule has 2 heterocycles. The Morgan fingerprint density at radius 3 is 2.73 bits per heavy atom. The van der Waals surface area contributed by atoms with Crippen LogP contribution in [0.1, 0.15) is 20.8 Å². The monoisotopic (exact) mass is 299 g/mol. The fraction of sp³-hybridized carbons (Fsp3) is 0.267. The molecule has 114 valence electrons. The maximum Gasteiger partial charge on any atom is 0.420 e. The number of imidazole rings is 1. The molecular weight excluding hydrogens is 282 g/mol. The Balaban J connectivity index is 2.06. The molecule has 0 atom stereocenters. The summed E-state index contributed by atoms with van der Waals surface area (Å²) in [7, 11) is 0. The SMILES string of the molecule is CC(C)(C)OC(=O)n1cnc2cc(-n3cccn3)c(N)cc21. The second kappa shape index (κ2) is 4.87. The highest BCUT2D eigenvalue weighted by Crippen LogP contribution is 2.24. The van der Waals surface area contributed by atoms with Crippen LogP contribution in [0.25, 0.3) is 16.7 Å². The number of ether oxygens (including phenoxy) is 1. The van der Waals surface area contributed by atoms with Crippen LogP contribution in [0.3, 0.4) is 0 Å². The van der Waals surface area contributed by atoms with E-state index in [0.717, 1.165) is 0 Å². The van der Waals surface area contributed by atoms with Crippen LogP contribution in [0.4, 0.5) is 10.5 Å². The highest BCUT2D eigenvalue weighted by molar-refractivity contribution is 5.90. The largest absolute Gasteiger partial charge is 0.443 e. The lowest BCUT2D eigenvalue weighted by molar-refractivity contribution is 0.0543. The van der Waals surface area contributed by atoms with Crippen LogP contribution < -0.4 is 5.73 Å². The number of rotatable bonds is 1. The van der Waals surface area contributed by atoms with E-state index in [-0.39, 0.29) is 0 Å². The lowest BCUT2D eigenvalue weighted by atomic mass is 10.2. The van der Waals surface area contributed by atoms with Crippen molar-refractivity contribution in [2.24, 2.45) is 0 Å². The smallest absolute Gasteiger partial charge is 0.420 e. The number of aromatic nitrogens is 4. The lowest BCUT2D eigenvalue weighted by Crippen LogP contribution is -2.26. The van der Waals surface area contributed by atoms with Gasteiger partial charge in [0.25, 0.3) is 0 Å². The van der Waals surface area contributed by atoms with Gasteiger partial charge >= 0.3 is 6.09 Å². The number of benzene rings is 1. The molecule has 7 nitrogen and oxygen atoms in total. The molecule has 1 aromatic carbocycles. The van der Waals surface area contributed by atoms with Crippen molar-refractivity contribution in [1.82, 2.24) is 19.3 Å². The van der Waals surface area contributed by atoms with Gasteiger partial charge in [-0.2, -0.15) is 5.10 Å². The lowest BCUT2D eigenvalue weighted by Gasteiger charge is -2.19. The number of anilines is 1. The Kier molecular flexibility index (Phi) is 3.13. The number of fused-ring (bicyclic) bond motifs is 1. The second-order valence-corrected chi connectivity index (χ2v) is 5.95. The fourth-order valence-electron chi connectivity index (χ4n) is 2.13. The molecule has 0 spiro atoms. The van der Waals surface area contributed by atoms with Gasteiger partial charge in [0.2, 0.25) is 0 Å². The summed E-state index contributed by atoms with van der Waals surface area (Å²) in [6, 6.07) is 5.30. The van der Waals surface area contributed by atoms with E-state index >= 15 is 0 Å². The van der Waals surface area contributed by atoms with Gasteiger partial charge in [-0.15, -0.1) is 0 Å². The molecule has 2 N–H and O–H groups in total. The minimum absolute atomic E-state index is 0.485. The zero-order valence-electron chi connectivity index (χ0n) is 12.6. The van der Waals surface area contributed by atoms with Gasteiger partial charge in [-0.1, -0.05) is 0 Å². The summed E-state index contributed by atoms with van der Waals surface area (Å²) in [5.74, 6) is 0.